The van der Waals surface area contributed by atoms with Gasteiger partial charge in [0.25, 0.3) is 5.91 Å². The van der Waals surface area contributed by atoms with Gasteiger partial charge in [0.2, 0.25) is 5.90 Å². The smallest absolute Gasteiger partial charge is 0.266 e. The summed E-state index contributed by atoms with van der Waals surface area (Å²) in [4.78, 5) is 19.8. The molecule has 51 heavy (non-hydrogen) atoms. The van der Waals surface area contributed by atoms with Crippen LogP contribution in [0, 0.1) is 0 Å². The van der Waals surface area contributed by atoms with E-state index in [1.54, 1.807) is 14.2 Å². The van der Waals surface area contributed by atoms with Gasteiger partial charge in [-0.05, 0) is 70.3 Å². The predicted octanol–water partition coefficient (Wildman–Crippen LogP) is 7.22. The number of hydrazine groups is 1. The van der Waals surface area contributed by atoms with Gasteiger partial charge < -0.3 is 24.1 Å². The Hall–Kier alpha value is -5.16. The van der Waals surface area contributed by atoms with Crippen LogP contribution >= 0.6 is 15.9 Å². The van der Waals surface area contributed by atoms with Crippen LogP contribution in [0.2, 0.25) is 0 Å². The minimum absolute atomic E-state index is 0.0568. The summed E-state index contributed by atoms with van der Waals surface area (Å²) in [6.45, 7) is 0.782. The van der Waals surface area contributed by atoms with Crippen LogP contribution in [0.1, 0.15) is 34.8 Å². The number of aliphatic hydroxyl groups excluding tert-OH is 1. The van der Waals surface area contributed by atoms with Crippen molar-refractivity contribution in [3.63, 3.8) is 0 Å². The Morgan fingerprint density at radius 2 is 1.53 bits per heavy atom. The molecule has 0 saturated heterocycles. The summed E-state index contributed by atoms with van der Waals surface area (Å²) in [6, 6.07) is 39.0. The van der Waals surface area contributed by atoms with Gasteiger partial charge in [0.15, 0.2) is 23.1 Å². The van der Waals surface area contributed by atoms with Crippen LogP contribution in [0.3, 0.4) is 0 Å². The van der Waals surface area contributed by atoms with Gasteiger partial charge in [0.1, 0.15) is 5.75 Å². The number of hydrogen-bond acceptors (Lipinski definition) is 8. The van der Waals surface area contributed by atoms with E-state index in [9.17, 15) is 4.79 Å². The minimum atomic E-state index is -1.41. The third-order valence-electron chi connectivity index (χ3n) is 8.71. The monoisotopic (exact) mass is 749 g/mol. The fraction of sp³-hybridized carbons (Fsp3) is 0.220. The molecule has 6 rings (SSSR count). The number of benzene rings is 5. The van der Waals surface area contributed by atoms with Crippen LogP contribution in [0.15, 0.2) is 131 Å². The van der Waals surface area contributed by atoms with Gasteiger partial charge in [-0.1, -0.05) is 94.8 Å². The second-order valence-electron chi connectivity index (χ2n) is 12.0. The van der Waals surface area contributed by atoms with Crippen molar-refractivity contribution in [1.29, 1.82) is 0 Å². The molecular formula is C41H40BrN3O6. The summed E-state index contributed by atoms with van der Waals surface area (Å²) in [5.74, 6) is 1.87. The Balaban J connectivity index is 1.37. The Morgan fingerprint density at radius 1 is 0.843 bits per heavy atom. The van der Waals surface area contributed by atoms with Gasteiger partial charge in [-0.3, -0.25) is 10.2 Å². The zero-order valence-corrected chi connectivity index (χ0v) is 30.1. The van der Waals surface area contributed by atoms with Crippen molar-refractivity contribution in [2.75, 3.05) is 27.4 Å². The topological polar surface area (TPSA) is 111 Å². The largest absolute Gasteiger partial charge is 0.494 e. The molecule has 2 atom stereocenters. The number of hydrogen-bond donors (Lipinski definition) is 3. The molecule has 0 aliphatic carbocycles. The molecule has 0 saturated carbocycles. The quantitative estimate of drug-likeness (QED) is 0.0767. The third-order valence-corrected chi connectivity index (χ3v) is 9.48. The van der Waals surface area contributed by atoms with E-state index in [2.05, 4.69) is 38.9 Å². The number of methoxy groups -OCH3 is 2. The maximum atomic E-state index is 14.7. The second kappa shape index (κ2) is 16.7. The predicted molar refractivity (Wildman–Crippen MR) is 201 cm³/mol. The number of ether oxygens (including phenoxy) is 4. The first-order valence-corrected chi connectivity index (χ1v) is 17.5. The van der Waals surface area contributed by atoms with Crippen molar-refractivity contribution in [3.05, 3.63) is 148 Å². The summed E-state index contributed by atoms with van der Waals surface area (Å²) in [7, 11) is 3.18. The molecule has 262 valence electrons. The maximum Gasteiger partial charge on any atom is 0.266 e. The van der Waals surface area contributed by atoms with Gasteiger partial charge in [-0.2, -0.15) is 0 Å². The number of aliphatic imine (C=N–C) groups is 1. The Bertz CT molecular complexity index is 1950. The molecular weight excluding hydrogens is 710 g/mol. The van der Waals surface area contributed by atoms with Crippen molar-refractivity contribution in [1.82, 2.24) is 10.9 Å². The fourth-order valence-electron chi connectivity index (χ4n) is 6.02. The van der Waals surface area contributed by atoms with Crippen LogP contribution in [0.4, 0.5) is 0 Å². The van der Waals surface area contributed by atoms with Gasteiger partial charge in [0, 0.05) is 36.0 Å². The van der Waals surface area contributed by atoms with Crippen LogP contribution in [-0.4, -0.2) is 49.9 Å². The highest BCUT2D eigenvalue weighted by atomic mass is 79.9. The zero-order chi connectivity index (χ0) is 35.6. The molecule has 0 unspecified atom stereocenters. The zero-order valence-electron chi connectivity index (χ0n) is 28.5. The van der Waals surface area contributed by atoms with E-state index in [1.807, 2.05) is 109 Å². The number of carbonyl (C=O) groups excluding carboxylic acids is 1. The lowest BCUT2D eigenvalue weighted by molar-refractivity contribution is -0.130. The SMILES string of the molecule is COc1ccc(CNNC(=O)[C@@]2(Cc3ccccc3Br)N=C(c3ccc(OCCCO)cc3)O[C@H]2c2ccc(-c3ccccc3)cc2)cc1OC. The molecule has 1 heterocycles. The van der Waals surface area contributed by atoms with E-state index in [1.165, 1.54) is 0 Å². The van der Waals surface area contributed by atoms with E-state index in [-0.39, 0.29) is 18.9 Å². The molecule has 1 aliphatic heterocycles. The first kappa shape index (κ1) is 35.7. The van der Waals surface area contributed by atoms with E-state index in [0.717, 1.165) is 32.3 Å². The third kappa shape index (κ3) is 8.26. The van der Waals surface area contributed by atoms with Crippen molar-refractivity contribution in [3.8, 4) is 28.4 Å². The van der Waals surface area contributed by atoms with E-state index < -0.39 is 11.6 Å². The van der Waals surface area contributed by atoms with Crippen LogP contribution in [0.5, 0.6) is 17.2 Å². The first-order chi connectivity index (χ1) is 24.9. The molecule has 0 aromatic heterocycles. The van der Waals surface area contributed by atoms with Gasteiger partial charge >= 0.3 is 0 Å². The standard InChI is InChI=1S/C41H40BrN3O6/c1-48-36-22-13-28(25-37(36)49-2)27-43-45-40(47)41(26-33-11-6-7-12-35(33)42)38(31-16-14-30(15-17-31)29-9-4-3-5-10-29)51-39(44-41)32-18-20-34(21-19-32)50-24-8-23-46/h3-7,9-22,25,38,43,46H,8,23-24,26-27H2,1-2H3,(H,45,47)/t38-,41-/m0/s1. The lowest BCUT2D eigenvalue weighted by atomic mass is 9.82. The molecule has 0 spiro atoms. The average Bonchev–Trinajstić information content (AvgIpc) is 3.56. The van der Waals surface area contributed by atoms with Crippen molar-refractivity contribution in [2.24, 2.45) is 4.99 Å². The van der Waals surface area contributed by atoms with Gasteiger partial charge in [-0.15, -0.1) is 0 Å². The lowest BCUT2D eigenvalue weighted by Gasteiger charge is -2.31. The van der Waals surface area contributed by atoms with Crippen molar-refractivity contribution >= 4 is 27.7 Å². The number of amides is 1. The van der Waals surface area contributed by atoms with E-state index >= 15 is 0 Å². The summed E-state index contributed by atoms with van der Waals surface area (Å²) in [5, 5.41) is 9.13. The molecule has 0 bridgehead atoms. The Labute approximate surface area is 306 Å². The molecule has 3 N–H and O–H groups in total. The summed E-state index contributed by atoms with van der Waals surface area (Å²) in [5.41, 5.74) is 10.1. The number of aliphatic hydroxyl groups is 1. The van der Waals surface area contributed by atoms with Gasteiger partial charge in [0.05, 0.1) is 20.8 Å². The molecule has 5 aromatic carbocycles. The molecule has 1 aliphatic rings. The van der Waals surface area contributed by atoms with Crippen LogP contribution in [-0.2, 0) is 22.5 Å². The molecule has 0 radical (unpaired) electrons. The number of carbonyl (C=O) groups is 1. The molecule has 5 aromatic rings. The normalized spacial score (nSPS) is 16.5. The molecule has 10 heteroatoms. The highest BCUT2D eigenvalue weighted by molar-refractivity contribution is 9.10. The Morgan fingerprint density at radius 3 is 2.24 bits per heavy atom. The highest BCUT2D eigenvalue weighted by Gasteiger charge is 2.53. The highest BCUT2D eigenvalue weighted by Crippen LogP contribution is 2.44. The van der Waals surface area contributed by atoms with E-state index in [4.69, 9.17) is 29.0 Å². The summed E-state index contributed by atoms with van der Waals surface area (Å²) < 4.78 is 24.2. The molecule has 0 fully saturated rings. The number of rotatable bonds is 15. The number of nitrogens with one attached hydrogen (secondary N) is 2. The molecule has 1 amide bonds. The van der Waals surface area contributed by atoms with Crippen LogP contribution in [0.25, 0.3) is 11.1 Å². The second-order valence-corrected chi connectivity index (χ2v) is 12.9. The Kier molecular flexibility index (Phi) is 11.7. The molecule has 9 nitrogen and oxygen atoms in total. The first-order valence-electron chi connectivity index (χ1n) is 16.7. The maximum absolute atomic E-state index is 14.7. The lowest BCUT2D eigenvalue weighted by Crippen LogP contribution is -2.53. The van der Waals surface area contributed by atoms with Crippen molar-refractivity contribution in [2.45, 2.75) is 31.0 Å². The minimum Gasteiger partial charge on any atom is -0.494 e. The fourth-order valence-corrected chi connectivity index (χ4v) is 6.45. The summed E-state index contributed by atoms with van der Waals surface area (Å²) >= 11 is 3.70. The van der Waals surface area contributed by atoms with Gasteiger partial charge in [-0.25, -0.2) is 10.4 Å². The average molecular weight is 751 g/mol. The number of nitrogens with zero attached hydrogens (tertiary/aromatic N) is 1. The number of halogens is 1. The summed E-state index contributed by atoms with van der Waals surface area (Å²) in [6.07, 6.45) is 0.0115. The van der Waals surface area contributed by atoms with Crippen LogP contribution < -0.4 is 25.1 Å². The van der Waals surface area contributed by atoms with E-state index in [0.29, 0.717) is 48.3 Å². The van der Waals surface area contributed by atoms with Crippen molar-refractivity contribution < 1.29 is 28.8 Å².